The molecule has 1 saturated heterocycles. The summed E-state index contributed by atoms with van der Waals surface area (Å²) < 4.78 is 23.7. The second kappa shape index (κ2) is 8.92. The van der Waals surface area contributed by atoms with Crippen LogP contribution in [0.25, 0.3) is 5.52 Å². The van der Waals surface area contributed by atoms with E-state index in [4.69, 9.17) is 30.9 Å². The molecule has 0 amide bonds. The van der Waals surface area contributed by atoms with Crippen LogP contribution in [0, 0.1) is 0 Å². The molecule has 2 aliphatic rings. The van der Waals surface area contributed by atoms with Crippen molar-refractivity contribution in [3.8, 4) is 0 Å². The summed E-state index contributed by atoms with van der Waals surface area (Å²) in [6.07, 6.45) is -0.120. The standard InChI is InChI=1S/C18H26ClN4O7P/c1-9(31(26,27)28)29-8-13-14(24)15(25)16(30-13)11-6-7-12-17(20-10-4-2-3-5-10)21-18(19)22-23(11)12/h6-7,9-10,13-16,24-25H,2-5,8H2,1H3,(H,20,21,22)(H2,26,27,28)/t9?,13-,14-,15-,16?/m1/s1. The van der Waals surface area contributed by atoms with Crippen LogP contribution in [-0.4, -0.2) is 71.4 Å². The average Bonchev–Trinajstić information content (AvgIpc) is 3.41. The van der Waals surface area contributed by atoms with Gasteiger partial charge in [0.05, 0.1) is 12.3 Å². The van der Waals surface area contributed by atoms with Gasteiger partial charge in [0, 0.05) is 6.04 Å². The van der Waals surface area contributed by atoms with Gasteiger partial charge in [-0.3, -0.25) is 4.57 Å². The zero-order valence-corrected chi connectivity index (χ0v) is 18.5. The molecule has 13 heteroatoms. The van der Waals surface area contributed by atoms with Crippen LogP contribution in [0.1, 0.15) is 44.4 Å². The third-order valence-corrected chi connectivity index (χ3v) is 7.10. The maximum atomic E-state index is 11.2. The number of aromatic nitrogens is 3. The van der Waals surface area contributed by atoms with Crippen molar-refractivity contribution in [2.45, 2.75) is 68.9 Å². The first kappa shape index (κ1) is 22.9. The summed E-state index contributed by atoms with van der Waals surface area (Å²) in [5.41, 5.74) is 1.12. The van der Waals surface area contributed by atoms with Crippen molar-refractivity contribution < 1.29 is 34.0 Å². The van der Waals surface area contributed by atoms with Crippen LogP contribution in [0.15, 0.2) is 12.1 Å². The molecule has 172 valence electrons. The van der Waals surface area contributed by atoms with Gasteiger partial charge in [0.25, 0.3) is 0 Å². The van der Waals surface area contributed by atoms with Crippen LogP contribution in [0.3, 0.4) is 0 Å². The lowest BCUT2D eigenvalue weighted by Crippen LogP contribution is -2.34. The van der Waals surface area contributed by atoms with E-state index < -0.39 is 37.9 Å². The molecule has 31 heavy (non-hydrogen) atoms. The summed E-state index contributed by atoms with van der Waals surface area (Å²) in [4.78, 5) is 22.6. The third-order valence-electron chi connectivity index (χ3n) is 5.84. The minimum atomic E-state index is -4.43. The van der Waals surface area contributed by atoms with Gasteiger partial charge in [-0.15, -0.1) is 5.10 Å². The molecule has 5 N–H and O–H groups in total. The summed E-state index contributed by atoms with van der Waals surface area (Å²) in [5, 5.41) is 28.6. The fourth-order valence-corrected chi connectivity index (χ4v) is 4.48. The Bertz CT molecular complexity index is 979. The Morgan fingerprint density at radius 2 is 2.03 bits per heavy atom. The molecular formula is C18H26ClN4O7P. The van der Waals surface area contributed by atoms with Gasteiger partial charge in [0.2, 0.25) is 5.28 Å². The lowest BCUT2D eigenvalue weighted by atomic mass is 10.1. The van der Waals surface area contributed by atoms with Crippen LogP contribution in [0.4, 0.5) is 5.82 Å². The van der Waals surface area contributed by atoms with Crippen molar-refractivity contribution >= 4 is 30.5 Å². The molecule has 2 aromatic rings. The fraction of sp³-hybridized carbons (Fsp3) is 0.667. The van der Waals surface area contributed by atoms with E-state index in [2.05, 4.69) is 15.4 Å². The Balaban J connectivity index is 1.55. The minimum Gasteiger partial charge on any atom is -0.387 e. The number of nitrogens with zero attached hydrogens (tertiary/aromatic N) is 3. The maximum Gasteiger partial charge on any atom is 0.353 e. The van der Waals surface area contributed by atoms with Gasteiger partial charge in [-0.1, -0.05) is 12.8 Å². The lowest BCUT2D eigenvalue weighted by molar-refractivity contribution is -0.0531. The van der Waals surface area contributed by atoms with Gasteiger partial charge in [0.1, 0.15) is 29.9 Å². The number of hydrogen-bond acceptors (Lipinski definition) is 8. The largest absolute Gasteiger partial charge is 0.387 e. The molecule has 2 fully saturated rings. The van der Waals surface area contributed by atoms with Gasteiger partial charge in [-0.05, 0) is 43.5 Å². The molecule has 1 aliphatic carbocycles. The first-order chi connectivity index (χ1) is 14.6. The molecule has 5 atom stereocenters. The van der Waals surface area contributed by atoms with E-state index in [9.17, 15) is 14.8 Å². The Morgan fingerprint density at radius 3 is 2.71 bits per heavy atom. The summed E-state index contributed by atoms with van der Waals surface area (Å²) in [6.45, 7) is 0.933. The topological polar surface area (TPSA) is 159 Å². The molecule has 11 nitrogen and oxygen atoms in total. The number of aliphatic hydroxyl groups is 2. The van der Waals surface area contributed by atoms with E-state index in [1.54, 1.807) is 12.1 Å². The lowest BCUT2D eigenvalue weighted by Gasteiger charge is -2.19. The molecule has 2 aromatic heterocycles. The predicted molar refractivity (Wildman–Crippen MR) is 111 cm³/mol. The van der Waals surface area contributed by atoms with Crippen LogP contribution >= 0.6 is 19.2 Å². The fourth-order valence-electron chi connectivity index (χ4n) is 4.04. The quantitative estimate of drug-likeness (QED) is 0.370. The van der Waals surface area contributed by atoms with E-state index in [0.29, 0.717) is 23.1 Å². The van der Waals surface area contributed by atoms with Gasteiger partial charge < -0.3 is 34.8 Å². The number of hydrogen-bond donors (Lipinski definition) is 5. The van der Waals surface area contributed by atoms with Crippen molar-refractivity contribution in [3.05, 3.63) is 23.1 Å². The SMILES string of the molecule is CC(OC[C@H]1OC(c2ccc3c(NC4CCCC4)nc(Cl)nn23)[C@H](O)[C@@H]1O)P(=O)(O)O. The molecular weight excluding hydrogens is 451 g/mol. The molecule has 1 saturated carbocycles. The zero-order chi connectivity index (χ0) is 22.3. The second-order valence-corrected chi connectivity index (χ2v) is 10.3. The van der Waals surface area contributed by atoms with Gasteiger partial charge in [-0.2, -0.15) is 4.98 Å². The van der Waals surface area contributed by atoms with E-state index in [0.717, 1.165) is 25.7 Å². The Labute approximate surface area is 183 Å². The smallest absolute Gasteiger partial charge is 0.353 e. The molecule has 2 unspecified atom stereocenters. The monoisotopic (exact) mass is 476 g/mol. The zero-order valence-electron chi connectivity index (χ0n) is 16.8. The van der Waals surface area contributed by atoms with E-state index >= 15 is 0 Å². The van der Waals surface area contributed by atoms with Crippen molar-refractivity contribution in [1.82, 2.24) is 14.6 Å². The van der Waals surface area contributed by atoms with E-state index in [1.807, 2.05) is 0 Å². The Morgan fingerprint density at radius 1 is 1.32 bits per heavy atom. The number of fused-ring (bicyclic) bond motifs is 1. The highest BCUT2D eigenvalue weighted by Gasteiger charge is 2.45. The highest BCUT2D eigenvalue weighted by Crippen LogP contribution is 2.42. The third kappa shape index (κ3) is 4.74. The highest BCUT2D eigenvalue weighted by molar-refractivity contribution is 7.52. The highest BCUT2D eigenvalue weighted by atomic mass is 35.5. The number of halogens is 1. The Kier molecular flexibility index (Phi) is 6.58. The minimum absolute atomic E-state index is 0.0221. The molecule has 3 heterocycles. The maximum absolute atomic E-state index is 11.2. The van der Waals surface area contributed by atoms with E-state index in [1.165, 1.54) is 11.4 Å². The number of ether oxygens (including phenoxy) is 2. The van der Waals surface area contributed by atoms with Gasteiger partial charge in [0.15, 0.2) is 11.7 Å². The molecule has 0 spiro atoms. The van der Waals surface area contributed by atoms with Crippen LogP contribution < -0.4 is 5.32 Å². The summed E-state index contributed by atoms with van der Waals surface area (Å²) in [7, 11) is -4.43. The molecule has 0 radical (unpaired) electrons. The van der Waals surface area contributed by atoms with Crippen LogP contribution in [0.5, 0.6) is 0 Å². The van der Waals surface area contributed by atoms with Crippen molar-refractivity contribution in [3.63, 3.8) is 0 Å². The predicted octanol–water partition coefficient (Wildman–Crippen LogP) is 1.44. The molecule has 0 bridgehead atoms. The Hall–Kier alpha value is -1.30. The summed E-state index contributed by atoms with van der Waals surface area (Å²) >= 11 is 6.14. The van der Waals surface area contributed by atoms with Gasteiger partial charge in [-0.25, -0.2) is 4.52 Å². The van der Waals surface area contributed by atoms with Crippen molar-refractivity contribution in [2.24, 2.45) is 0 Å². The first-order valence-electron chi connectivity index (χ1n) is 10.2. The van der Waals surface area contributed by atoms with Crippen molar-refractivity contribution in [2.75, 3.05) is 11.9 Å². The number of nitrogens with one attached hydrogen (secondary N) is 1. The van der Waals surface area contributed by atoms with E-state index in [-0.39, 0.29) is 11.9 Å². The molecule has 0 aromatic carbocycles. The molecule has 4 rings (SSSR count). The summed E-state index contributed by atoms with van der Waals surface area (Å²) in [5.74, 6) is -0.772. The average molecular weight is 477 g/mol. The number of rotatable bonds is 7. The number of aliphatic hydroxyl groups excluding tert-OH is 2. The normalized spacial score (nSPS) is 28.5. The van der Waals surface area contributed by atoms with Crippen LogP contribution in [0.2, 0.25) is 5.28 Å². The first-order valence-corrected chi connectivity index (χ1v) is 12.2. The van der Waals surface area contributed by atoms with Crippen molar-refractivity contribution in [1.29, 1.82) is 0 Å². The summed E-state index contributed by atoms with van der Waals surface area (Å²) in [6, 6.07) is 3.80. The second-order valence-electron chi connectivity index (χ2n) is 8.01. The van der Waals surface area contributed by atoms with Crippen LogP contribution in [-0.2, 0) is 14.0 Å². The number of anilines is 1. The molecule has 1 aliphatic heterocycles. The van der Waals surface area contributed by atoms with Gasteiger partial charge >= 0.3 is 7.60 Å².